The number of carbonyl (C=O) groups is 1. The highest BCUT2D eigenvalue weighted by atomic mass is 32.2. The molecule has 1 saturated heterocycles. The zero-order chi connectivity index (χ0) is 22.0. The molecule has 2 amide bonds. The summed E-state index contributed by atoms with van der Waals surface area (Å²) >= 11 is 0. The minimum Gasteiger partial charge on any atom is -0.490 e. The summed E-state index contributed by atoms with van der Waals surface area (Å²) in [5.74, 6) is 0.805. The lowest BCUT2D eigenvalue weighted by molar-refractivity contribution is 0.114. The molecule has 166 valence electrons. The number of nitrogens with one attached hydrogen (secondary N) is 2. The van der Waals surface area contributed by atoms with E-state index in [1.807, 2.05) is 35.1 Å². The van der Waals surface area contributed by atoms with Crippen LogP contribution in [0.5, 0.6) is 5.75 Å². The molecule has 0 saturated carbocycles. The van der Waals surface area contributed by atoms with Crippen LogP contribution in [0.2, 0.25) is 0 Å². The van der Waals surface area contributed by atoms with Crippen LogP contribution in [0.4, 0.5) is 10.5 Å². The first kappa shape index (κ1) is 21.6. The van der Waals surface area contributed by atoms with Crippen molar-refractivity contribution in [1.29, 1.82) is 0 Å². The highest BCUT2D eigenvalue weighted by Gasteiger charge is 2.22. The van der Waals surface area contributed by atoms with E-state index in [1.54, 1.807) is 0 Å². The topological polar surface area (TPSA) is 87.7 Å². The van der Waals surface area contributed by atoms with Gasteiger partial charge >= 0.3 is 6.03 Å². The minimum absolute atomic E-state index is 0.199. The molecule has 0 unspecified atom stereocenters. The number of rotatable bonds is 5. The summed E-state index contributed by atoms with van der Waals surface area (Å²) in [6.07, 6.45) is 5.98. The first-order valence-corrected chi connectivity index (χ1v) is 12.6. The number of ether oxygens (including phenoxy) is 1. The van der Waals surface area contributed by atoms with Gasteiger partial charge in [0.1, 0.15) is 11.9 Å². The highest BCUT2D eigenvalue weighted by Crippen LogP contribution is 2.38. The second kappa shape index (κ2) is 8.88. The number of urea groups is 1. The first-order valence-electron chi connectivity index (χ1n) is 10.7. The number of hydrogen-bond acceptors (Lipinski definition) is 5. The molecule has 1 aliphatic carbocycles. The van der Waals surface area contributed by atoms with Crippen LogP contribution in [0.3, 0.4) is 0 Å². The average Bonchev–Trinajstić information content (AvgIpc) is 3.18. The molecule has 7 nitrogen and oxygen atoms in total. The molecule has 1 fully saturated rings. The molecule has 2 aromatic carbocycles. The van der Waals surface area contributed by atoms with Gasteiger partial charge in [0, 0.05) is 18.7 Å². The molecule has 1 heterocycles. The number of fused-ring (bicyclic) bond motifs is 1. The van der Waals surface area contributed by atoms with Gasteiger partial charge in [0.05, 0.1) is 11.9 Å². The summed E-state index contributed by atoms with van der Waals surface area (Å²) in [6, 6.07) is 11.2. The standard InChI is InChI=1S/C23H29N3O4S/c1-26-13-11-18(12-14-26)30-19-7-3-6-17(15-19)21-10-9-16-5-4-8-20(16)22(21)24-23(27)25-31(2,28)29/h3,6-7,9-10,15,18H,4-5,8,11-14H2,1-2H3,(H2,24,25,27). The normalized spacial score (nSPS) is 17.2. The van der Waals surface area contributed by atoms with Crippen molar-refractivity contribution in [3.05, 3.63) is 47.5 Å². The van der Waals surface area contributed by atoms with Crippen LogP contribution < -0.4 is 14.8 Å². The van der Waals surface area contributed by atoms with Crippen LogP contribution in [0.1, 0.15) is 30.4 Å². The number of likely N-dealkylation sites (tertiary alicyclic amines) is 1. The molecule has 0 spiro atoms. The van der Waals surface area contributed by atoms with Gasteiger partial charge in [-0.25, -0.2) is 17.9 Å². The number of anilines is 1. The zero-order valence-corrected chi connectivity index (χ0v) is 18.8. The van der Waals surface area contributed by atoms with Gasteiger partial charge in [-0.3, -0.25) is 0 Å². The van der Waals surface area contributed by atoms with Gasteiger partial charge < -0.3 is 15.0 Å². The van der Waals surface area contributed by atoms with Crippen LogP contribution in [-0.2, 0) is 22.9 Å². The maximum atomic E-state index is 12.3. The third-order valence-electron chi connectivity index (χ3n) is 5.91. The van der Waals surface area contributed by atoms with E-state index in [0.717, 1.165) is 73.9 Å². The molecule has 0 radical (unpaired) electrons. The van der Waals surface area contributed by atoms with Gasteiger partial charge in [-0.2, -0.15) is 0 Å². The lowest BCUT2D eigenvalue weighted by atomic mass is 9.97. The SMILES string of the molecule is CN1CCC(Oc2cccc(-c3ccc4c(c3NC(=O)NS(C)(=O)=O)CCC4)c2)CC1. The molecular weight excluding hydrogens is 414 g/mol. The fourth-order valence-corrected chi connectivity index (χ4v) is 4.78. The molecule has 0 aromatic heterocycles. The second-order valence-corrected chi connectivity index (χ2v) is 10.2. The number of nitrogens with zero attached hydrogens (tertiary/aromatic N) is 1. The Hall–Kier alpha value is -2.58. The van der Waals surface area contributed by atoms with Crippen LogP contribution in [-0.4, -0.2) is 51.8 Å². The van der Waals surface area contributed by atoms with E-state index >= 15 is 0 Å². The number of hydrogen-bond donors (Lipinski definition) is 2. The largest absolute Gasteiger partial charge is 0.490 e. The van der Waals surface area contributed by atoms with Crippen LogP contribution in [0, 0.1) is 0 Å². The summed E-state index contributed by atoms with van der Waals surface area (Å²) in [5.41, 5.74) is 4.72. The van der Waals surface area contributed by atoms with Gasteiger partial charge in [0.25, 0.3) is 0 Å². The minimum atomic E-state index is -3.65. The second-order valence-electron chi connectivity index (χ2n) is 8.46. The Morgan fingerprint density at radius 1 is 1.13 bits per heavy atom. The number of carbonyl (C=O) groups excluding carboxylic acids is 1. The van der Waals surface area contributed by atoms with Crippen molar-refractivity contribution in [2.45, 2.75) is 38.2 Å². The number of benzene rings is 2. The van der Waals surface area contributed by atoms with Crippen molar-refractivity contribution in [3.8, 4) is 16.9 Å². The molecule has 0 bridgehead atoms. The van der Waals surface area contributed by atoms with E-state index in [-0.39, 0.29) is 6.10 Å². The predicted octanol–water partition coefficient (Wildman–Crippen LogP) is 3.40. The Labute approximate surface area is 183 Å². The summed E-state index contributed by atoms with van der Waals surface area (Å²) in [4.78, 5) is 14.6. The van der Waals surface area contributed by atoms with Gasteiger partial charge in [-0.05, 0) is 68.0 Å². The van der Waals surface area contributed by atoms with E-state index in [2.05, 4.69) is 23.3 Å². The molecule has 31 heavy (non-hydrogen) atoms. The number of amides is 2. The number of piperidine rings is 1. The third-order valence-corrected chi connectivity index (χ3v) is 6.47. The molecule has 1 aliphatic heterocycles. The van der Waals surface area contributed by atoms with Gasteiger partial charge in [0.15, 0.2) is 0 Å². The average molecular weight is 444 g/mol. The monoisotopic (exact) mass is 443 g/mol. The molecule has 0 atom stereocenters. The Morgan fingerprint density at radius 3 is 2.65 bits per heavy atom. The molecule has 2 aromatic rings. The van der Waals surface area contributed by atoms with Crippen molar-refractivity contribution in [1.82, 2.24) is 9.62 Å². The van der Waals surface area contributed by atoms with Crippen molar-refractivity contribution < 1.29 is 17.9 Å². The van der Waals surface area contributed by atoms with Crippen LogP contribution in [0.25, 0.3) is 11.1 Å². The van der Waals surface area contributed by atoms with E-state index in [0.29, 0.717) is 5.69 Å². The highest BCUT2D eigenvalue weighted by molar-refractivity contribution is 7.89. The van der Waals surface area contributed by atoms with Crippen molar-refractivity contribution >= 4 is 21.7 Å². The zero-order valence-electron chi connectivity index (χ0n) is 18.0. The quantitative estimate of drug-likeness (QED) is 0.740. The Kier molecular flexibility index (Phi) is 6.20. The number of aryl methyl sites for hydroxylation is 1. The van der Waals surface area contributed by atoms with Crippen molar-refractivity contribution in [3.63, 3.8) is 0 Å². The fourth-order valence-electron chi connectivity index (χ4n) is 4.39. The Balaban J connectivity index is 1.62. The fraction of sp³-hybridized carbons (Fsp3) is 0.435. The van der Waals surface area contributed by atoms with E-state index in [4.69, 9.17) is 4.74 Å². The lowest BCUT2D eigenvalue weighted by Gasteiger charge is -2.29. The first-order chi connectivity index (χ1) is 14.8. The van der Waals surface area contributed by atoms with Crippen molar-refractivity contribution in [2.24, 2.45) is 0 Å². The third kappa shape index (κ3) is 5.37. The summed E-state index contributed by atoms with van der Waals surface area (Å²) in [6.45, 7) is 2.05. The van der Waals surface area contributed by atoms with Gasteiger partial charge in [0.2, 0.25) is 10.0 Å². The van der Waals surface area contributed by atoms with Crippen LogP contribution >= 0.6 is 0 Å². The van der Waals surface area contributed by atoms with Crippen LogP contribution in [0.15, 0.2) is 36.4 Å². The Morgan fingerprint density at radius 2 is 1.90 bits per heavy atom. The molecule has 8 heteroatoms. The van der Waals surface area contributed by atoms with Crippen molar-refractivity contribution in [2.75, 3.05) is 31.7 Å². The molecule has 4 rings (SSSR count). The maximum absolute atomic E-state index is 12.3. The summed E-state index contributed by atoms with van der Waals surface area (Å²) in [5, 5.41) is 2.80. The summed E-state index contributed by atoms with van der Waals surface area (Å²) in [7, 11) is -1.52. The van der Waals surface area contributed by atoms with E-state index in [9.17, 15) is 13.2 Å². The number of sulfonamides is 1. The molecule has 2 aliphatic rings. The Bertz CT molecular complexity index is 1080. The van der Waals surface area contributed by atoms with Gasteiger partial charge in [-0.1, -0.05) is 24.3 Å². The van der Waals surface area contributed by atoms with Gasteiger partial charge in [-0.15, -0.1) is 0 Å². The predicted molar refractivity (Wildman–Crippen MR) is 122 cm³/mol. The molecule has 2 N–H and O–H groups in total. The lowest BCUT2D eigenvalue weighted by Crippen LogP contribution is -2.35. The van der Waals surface area contributed by atoms with E-state index < -0.39 is 16.1 Å². The maximum Gasteiger partial charge on any atom is 0.332 e. The van der Waals surface area contributed by atoms with E-state index in [1.165, 1.54) is 5.56 Å². The summed E-state index contributed by atoms with van der Waals surface area (Å²) < 4.78 is 31.2. The molecular formula is C23H29N3O4S. The smallest absolute Gasteiger partial charge is 0.332 e.